The van der Waals surface area contributed by atoms with Gasteiger partial charge in [0.15, 0.2) is 23.9 Å². The smallest absolute Gasteiger partial charge is 0.331 e. The van der Waals surface area contributed by atoms with Gasteiger partial charge in [-0.3, -0.25) is 9.59 Å². The van der Waals surface area contributed by atoms with E-state index in [1.807, 2.05) is 13.8 Å². The van der Waals surface area contributed by atoms with Gasteiger partial charge in [-0.05, 0) is 67.8 Å². The van der Waals surface area contributed by atoms with Gasteiger partial charge in [0, 0.05) is 23.7 Å². The Morgan fingerprint density at radius 2 is 1.90 bits per heavy atom. The highest BCUT2D eigenvalue weighted by atomic mass is 16.5. The number of methoxy groups -OCH3 is 1. The Hall–Kier alpha value is -3.61. The molecule has 162 valence electrons. The number of nitrogens with one attached hydrogen (secondary N) is 1. The summed E-state index contributed by atoms with van der Waals surface area (Å²) < 4.78 is 16.1. The molecule has 7 heteroatoms. The minimum absolute atomic E-state index is 0.0108. The maximum atomic E-state index is 12.4. The van der Waals surface area contributed by atoms with E-state index in [2.05, 4.69) is 5.32 Å². The van der Waals surface area contributed by atoms with E-state index in [1.165, 1.54) is 6.08 Å². The van der Waals surface area contributed by atoms with Crippen molar-refractivity contribution in [3.63, 3.8) is 0 Å². The van der Waals surface area contributed by atoms with Gasteiger partial charge in [-0.15, -0.1) is 0 Å². The van der Waals surface area contributed by atoms with E-state index in [1.54, 1.807) is 49.6 Å². The molecule has 1 aliphatic heterocycles. The van der Waals surface area contributed by atoms with E-state index < -0.39 is 5.97 Å². The number of esters is 1. The molecule has 3 rings (SSSR count). The van der Waals surface area contributed by atoms with Crippen molar-refractivity contribution in [1.82, 2.24) is 0 Å². The second kappa shape index (κ2) is 9.93. The van der Waals surface area contributed by atoms with Crippen molar-refractivity contribution in [3.8, 4) is 11.5 Å². The van der Waals surface area contributed by atoms with Crippen LogP contribution < -0.4 is 14.8 Å². The fourth-order valence-electron chi connectivity index (χ4n) is 3.13. The highest BCUT2D eigenvalue weighted by Gasteiger charge is 2.17. The highest BCUT2D eigenvalue weighted by Crippen LogP contribution is 2.29. The van der Waals surface area contributed by atoms with Crippen LogP contribution in [0.25, 0.3) is 6.08 Å². The number of carbonyl (C=O) groups excluding carboxylic acids is 3. The minimum Gasteiger partial charge on any atom is -0.493 e. The van der Waals surface area contributed by atoms with Gasteiger partial charge in [-0.2, -0.15) is 0 Å². The van der Waals surface area contributed by atoms with E-state index in [-0.39, 0.29) is 24.4 Å². The zero-order chi connectivity index (χ0) is 22.4. The molecule has 1 aliphatic rings. The Morgan fingerprint density at radius 3 is 2.65 bits per heavy atom. The van der Waals surface area contributed by atoms with Gasteiger partial charge in [-0.1, -0.05) is 6.07 Å². The summed E-state index contributed by atoms with van der Waals surface area (Å²) in [4.78, 5) is 35.8. The molecule has 2 aromatic rings. The molecule has 0 spiro atoms. The number of ketones is 1. The predicted octanol–water partition coefficient (Wildman–Crippen LogP) is 3.81. The molecule has 0 radical (unpaired) electrons. The summed E-state index contributed by atoms with van der Waals surface area (Å²) in [6, 6.07) is 10.4. The summed E-state index contributed by atoms with van der Waals surface area (Å²) in [5.74, 6) is 0.209. The number of hydrogen-bond donors (Lipinski definition) is 1. The average molecular weight is 423 g/mol. The van der Waals surface area contributed by atoms with Crippen LogP contribution >= 0.6 is 0 Å². The van der Waals surface area contributed by atoms with Gasteiger partial charge in [-0.25, -0.2) is 4.79 Å². The molecular weight excluding hydrogens is 398 g/mol. The lowest BCUT2D eigenvalue weighted by Gasteiger charge is -2.17. The van der Waals surface area contributed by atoms with Gasteiger partial charge < -0.3 is 19.5 Å². The third-order valence-corrected chi connectivity index (χ3v) is 4.63. The lowest BCUT2D eigenvalue weighted by molar-refractivity contribution is -0.136. The van der Waals surface area contributed by atoms with Crippen LogP contribution in [-0.2, 0) is 20.7 Å². The Balaban J connectivity index is 1.57. The zero-order valence-electron chi connectivity index (χ0n) is 17.8. The van der Waals surface area contributed by atoms with Gasteiger partial charge >= 0.3 is 5.97 Å². The van der Waals surface area contributed by atoms with Crippen LogP contribution in [0.15, 0.2) is 42.5 Å². The molecule has 1 heterocycles. The van der Waals surface area contributed by atoms with E-state index >= 15 is 0 Å². The topological polar surface area (TPSA) is 90.9 Å². The normalized spacial score (nSPS) is 13.0. The fourth-order valence-corrected chi connectivity index (χ4v) is 3.13. The first-order chi connectivity index (χ1) is 14.9. The number of Topliss-reactive ketones (excluding diaryl/α,β-unsaturated/α-hetero) is 1. The molecule has 7 nitrogen and oxygen atoms in total. The molecule has 0 fully saturated rings. The first-order valence-corrected chi connectivity index (χ1v) is 10.0. The number of carbonyl (C=O) groups is 3. The van der Waals surface area contributed by atoms with Crippen molar-refractivity contribution in [3.05, 3.63) is 59.2 Å². The number of anilines is 1. The number of aryl methyl sites for hydroxylation is 1. The molecule has 0 saturated carbocycles. The van der Waals surface area contributed by atoms with Gasteiger partial charge in [0.05, 0.1) is 13.2 Å². The van der Waals surface area contributed by atoms with E-state index in [4.69, 9.17) is 14.2 Å². The van der Waals surface area contributed by atoms with Crippen molar-refractivity contribution in [2.24, 2.45) is 0 Å². The van der Waals surface area contributed by atoms with Crippen molar-refractivity contribution < 1.29 is 28.6 Å². The van der Waals surface area contributed by atoms with Gasteiger partial charge in [0.2, 0.25) is 5.91 Å². The summed E-state index contributed by atoms with van der Waals surface area (Å²) in [6.45, 7) is 3.48. The number of ether oxygens (including phenoxy) is 3. The molecule has 0 aromatic heterocycles. The number of amides is 1. The minimum atomic E-state index is -0.625. The molecule has 31 heavy (non-hydrogen) atoms. The maximum Gasteiger partial charge on any atom is 0.331 e. The molecule has 1 N–H and O–H groups in total. The Labute approximate surface area is 181 Å². The van der Waals surface area contributed by atoms with Crippen LogP contribution in [-0.4, -0.2) is 37.5 Å². The average Bonchev–Trinajstić information content (AvgIpc) is 2.75. The lowest BCUT2D eigenvalue weighted by Crippen LogP contribution is -2.20. The number of rotatable bonds is 8. The molecular formula is C24H25NO6. The highest BCUT2D eigenvalue weighted by molar-refractivity contribution is 6.00. The predicted molar refractivity (Wildman–Crippen MR) is 116 cm³/mol. The van der Waals surface area contributed by atoms with Gasteiger partial charge in [0.1, 0.15) is 0 Å². The molecule has 0 atom stereocenters. The quantitative estimate of drug-likeness (QED) is 0.394. The summed E-state index contributed by atoms with van der Waals surface area (Å²) >= 11 is 0. The Kier molecular flexibility index (Phi) is 7.07. The van der Waals surface area contributed by atoms with E-state index in [0.717, 1.165) is 11.1 Å². The number of benzene rings is 2. The standard InChI is InChI=1S/C24H25NO6/c1-15(2)31-21-9-4-16(12-22(21)29-3)5-11-24(28)30-14-20(26)18-6-8-19-17(13-18)7-10-23(27)25-19/h4-6,8-9,11-13,15H,7,10,14H2,1-3H3,(H,25,27)/b11-5+. The van der Waals surface area contributed by atoms with Crippen LogP contribution in [0.5, 0.6) is 11.5 Å². The number of hydrogen-bond acceptors (Lipinski definition) is 6. The van der Waals surface area contributed by atoms with Crippen molar-refractivity contribution in [1.29, 1.82) is 0 Å². The summed E-state index contributed by atoms with van der Waals surface area (Å²) in [7, 11) is 1.55. The summed E-state index contributed by atoms with van der Waals surface area (Å²) in [5.41, 5.74) is 2.79. The number of fused-ring (bicyclic) bond motifs is 1. The fraction of sp³-hybridized carbons (Fsp3) is 0.292. The summed E-state index contributed by atoms with van der Waals surface area (Å²) in [6.07, 6.45) is 3.81. The third kappa shape index (κ3) is 5.94. The van der Waals surface area contributed by atoms with Crippen LogP contribution in [0.3, 0.4) is 0 Å². The Bertz CT molecular complexity index is 1020. The van der Waals surface area contributed by atoms with Crippen LogP contribution in [0.1, 0.15) is 41.8 Å². The van der Waals surface area contributed by atoms with Gasteiger partial charge in [0.25, 0.3) is 0 Å². The molecule has 1 amide bonds. The SMILES string of the molecule is COc1cc(/C=C/C(=O)OCC(=O)c2ccc3c(c2)CCC(=O)N3)ccc1OC(C)C. The molecule has 0 bridgehead atoms. The molecule has 0 saturated heterocycles. The Morgan fingerprint density at radius 1 is 1.10 bits per heavy atom. The first kappa shape index (κ1) is 22.1. The van der Waals surface area contributed by atoms with Crippen molar-refractivity contribution in [2.45, 2.75) is 32.8 Å². The molecule has 0 unspecified atom stereocenters. The van der Waals surface area contributed by atoms with Crippen molar-refractivity contribution >= 4 is 29.4 Å². The molecule has 0 aliphatic carbocycles. The van der Waals surface area contributed by atoms with E-state index in [0.29, 0.717) is 35.6 Å². The second-order valence-electron chi connectivity index (χ2n) is 7.36. The third-order valence-electron chi connectivity index (χ3n) is 4.63. The van der Waals surface area contributed by atoms with Crippen LogP contribution in [0.4, 0.5) is 5.69 Å². The second-order valence-corrected chi connectivity index (χ2v) is 7.36. The monoisotopic (exact) mass is 423 g/mol. The van der Waals surface area contributed by atoms with Crippen molar-refractivity contribution in [2.75, 3.05) is 19.0 Å². The maximum absolute atomic E-state index is 12.4. The van der Waals surface area contributed by atoms with Crippen LogP contribution in [0.2, 0.25) is 0 Å². The molecule has 2 aromatic carbocycles. The largest absolute Gasteiger partial charge is 0.493 e. The first-order valence-electron chi connectivity index (χ1n) is 10.0. The zero-order valence-corrected chi connectivity index (χ0v) is 17.8. The lowest BCUT2D eigenvalue weighted by atomic mass is 9.99. The van der Waals surface area contributed by atoms with Crippen LogP contribution in [0, 0.1) is 0 Å². The summed E-state index contributed by atoms with van der Waals surface area (Å²) in [5, 5.41) is 2.77. The van der Waals surface area contributed by atoms with E-state index in [9.17, 15) is 14.4 Å².